The molecule has 1 saturated heterocycles. The third-order valence-corrected chi connectivity index (χ3v) is 5.94. The zero-order valence-electron chi connectivity index (χ0n) is 15.2. The fourth-order valence-corrected chi connectivity index (χ4v) is 4.15. The van der Waals surface area contributed by atoms with Gasteiger partial charge in [-0.15, -0.1) is 0 Å². The average Bonchev–Trinajstić information content (AvgIpc) is 3.04. The van der Waals surface area contributed by atoms with Crippen LogP contribution in [0.15, 0.2) is 54.6 Å². The lowest BCUT2D eigenvalue weighted by atomic mass is 9.64. The molecule has 1 atom stereocenters. The maximum Gasteiger partial charge on any atom is 0.227 e. The van der Waals surface area contributed by atoms with Gasteiger partial charge < -0.3 is 10.2 Å². The van der Waals surface area contributed by atoms with Crippen LogP contribution < -0.4 is 10.2 Å². The number of halogens is 1. The Morgan fingerprint density at radius 3 is 2.48 bits per heavy atom. The molecule has 1 aliphatic carbocycles. The van der Waals surface area contributed by atoms with Gasteiger partial charge in [-0.2, -0.15) is 0 Å². The lowest BCUT2D eigenvalue weighted by molar-refractivity contribution is -0.126. The van der Waals surface area contributed by atoms with Crippen LogP contribution in [0.4, 0.5) is 10.1 Å². The summed E-state index contributed by atoms with van der Waals surface area (Å²) in [6.45, 7) is 0.810. The molecule has 0 aromatic heterocycles. The van der Waals surface area contributed by atoms with E-state index in [1.54, 1.807) is 18.2 Å². The Morgan fingerprint density at radius 2 is 1.81 bits per heavy atom. The second-order valence-corrected chi connectivity index (χ2v) is 7.57. The molecule has 4 nitrogen and oxygen atoms in total. The lowest BCUT2D eigenvalue weighted by Gasteiger charge is -2.42. The maximum absolute atomic E-state index is 14.0. The number of carbonyl (C=O) groups excluding carboxylic acids is 2. The first-order valence-corrected chi connectivity index (χ1v) is 9.47. The van der Waals surface area contributed by atoms with Crippen LogP contribution in [0.2, 0.25) is 0 Å². The number of benzene rings is 2. The van der Waals surface area contributed by atoms with Gasteiger partial charge in [0.15, 0.2) is 0 Å². The zero-order valence-corrected chi connectivity index (χ0v) is 15.2. The van der Waals surface area contributed by atoms with E-state index in [4.69, 9.17) is 0 Å². The van der Waals surface area contributed by atoms with Crippen LogP contribution in [-0.4, -0.2) is 24.9 Å². The number of carbonyl (C=O) groups is 2. The summed E-state index contributed by atoms with van der Waals surface area (Å²) in [7, 11) is 0. The van der Waals surface area contributed by atoms with Crippen molar-refractivity contribution in [1.82, 2.24) is 5.32 Å². The van der Waals surface area contributed by atoms with E-state index in [0.717, 1.165) is 19.3 Å². The summed E-state index contributed by atoms with van der Waals surface area (Å²) < 4.78 is 14.0. The van der Waals surface area contributed by atoms with Crippen LogP contribution in [-0.2, 0) is 15.0 Å². The van der Waals surface area contributed by atoms with Crippen LogP contribution in [0.3, 0.4) is 0 Å². The highest BCUT2D eigenvalue weighted by molar-refractivity contribution is 6.00. The molecule has 1 saturated carbocycles. The molecule has 2 aromatic rings. The number of hydrogen-bond donors (Lipinski definition) is 1. The van der Waals surface area contributed by atoms with Crippen LogP contribution in [0.1, 0.15) is 31.2 Å². The second-order valence-electron chi connectivity index (χ2n) is 7.57. The predicted octanol–water partition coefficient (Wildman–Crippen LogP) is 3.42. The highest BCUT2D eigenvalue weighted by Gasteiger charge is 2.41. The van der Waals surface area contributed by atoms with Gasteiger partial charge in [-0.25, -0.2) is 4.39 Å². The third kappa shape index (κ3) is 3.34. The molecule has 1 heterocycles. The van der Waals surface area contributed by atoms with Crippen molar-refractivity contribution < 1.29 is 14.0 Å². The fraction of sp³-hybridized carbons (Fsp3) is 0.364. The Bertz CT molecular complexity index is 848. The van der Waals surface area contributed by atoms with E-state index < -0.39 is 11.7 Å². The van der Waals surface area contributed by atoms with E-state index in [1.807, 2.05) is 18.2 Å². The summed E-state index contributed by atoms with van der Waals surface area (Å²) in [5.74, 6) is -1.21. The van der Waals surface area contributed by atoms with E-state index in [0.29, 0.717) is 6.54 Å². The molecule has 5 heteroatoms. The fourth-order valence-electron chi connectivity index (χ4n) is 4.15. The molecule has 0 radical (unpaired) electrons. The van der Waals surface area contributed by atoms with Gasteiger partial charge in [0.25, 0.3) is 0 Å². The first-order valence-electron chi connectivity index (χ1n) is 9.47. The van der Waals surface area contributed by atoms with E-state index in [9.17, 15) is 14.0 Å². The molecule has 2 aliphatic rings. The molecule has 27 heavy (non-hydrogen) atoms. The van der Waals surface area contributed by atoms with Crippen molar-refractivity contribution >= 4 is 17.5 Å². The van der Waals surface area contributed by atoms with Crippen LogP contribution in [0.25, 0.3) is 0 Å². The van der Waals surface area contributed by atoms with E-state index >= 15 is 0 Å². The molecular weight excluding hydrogens is 343 g/mol. The molecule has 2 aromatic carbocycles. The van der Waals surface area contributed by atoms with Gasteiger partial charge in [-0.05, 0) is 30.5 Å². The summed E-state index contributed by atoms with van der Waals surface area (Å²) in [5, 5.41) is 3.06. The highest BCUT2D eigenvalue weighted by Crippen LogP contribution is 2.43. The van der Waals surface area contributed by atoms with E-state index in [1.165, 1.54) is 16.5 Å². The minimum Gasteiger partial charge on any atom is -0.355 e. The van der Waals surface area contributed by atoms with Crippen LogP contribution in [0.5, 0.6) is 0 Å². The van der Waals surface area contributed by atoms with Crippen molar-refractivity contribution in [3.05, 3.63) is 66.0 Å². The van der Waals surface area contributed by atoms with Crippen molar-refractivity contribution in [2.24, 2.45) is 5.92 Å². The van der Waals surface area contributed by atoms with Gasteiger partial charge in [0.1, 0.15) is 5.82 Å². The lowest BCUT2D eigenvalue weighted by Crippen LogP contribution is -2.47. The van der Waals surface area contributed by atoms with Gasteiger partial charge in [-0.3, -0.25) is 9.59 Å². The Balaban J connectivity index is 1.41. The summed E-state index contributed by atoms with van der Waals surface area (Å²) in [4.78, 5) is 26.4. The number of amides is 2. The van der Waals surface area contributed by atoms with Crippen LogP contribution in [0, 0.1) is 11.7 Å². The monoisotopic (exact) mass is 366 g/mol. The molecule has 1 aliphatic heterocycles. The topological polar surface area (TPSA) is 49.4 Å². The van der Waals surface area contributed by atoms with Gasteiger partial charge in [-0.1, -0.05) is 48.9 Å². The number of nitrogens with one attached hydrogen (secondary N) is 1. The Morgan fingerprint density at radius 1 is 1.11 bits per heavy atom. The molecule has 2 fully saturated rings. The second kappa shape index (κ2) is 7.14. The molecule has 0 bridgehead atoms. The largest absolute Gasteiger partial charge is 0.355 e. The van der Waals surface area contributed by atoms with E-state index in [-0.39, 0.29) is 35.9 Å². The highest BCUT2D eigenvalue weighted by atomic mass is 19.1. The number of para-hydroxylation sites is 1. The maximum atomic E-state index is 14.0. The predicted molar refractivity (Wildman–Crippen MR) is 102 cm³/mol. The Labute approximate surface area is 158 Å². The molecule has 140 valence electrons. The summed E-state index contributed by atoms with van der Waals surface area (Å²) >= 11 is 0. The van der Waals surface area contributed by atoms with Gasteiger partial charge in [0, 0.05) is 24.9 Å². The summed E-state index contributed by atoms with van der Waals surface area (Å²) in [6, 6.07) is 16.5. The zero-order chi connectivity index (χ0) is 18.9. The quantitative estimate of drug-likeness (QED) is 0.882. The number of nitrogens with zero attached hydrogens (tertiary/aromatic N) is 1. The Hall–Kier alpha value is -2.69. The first kappa shape index (κ1) is 17.7. The van der Waals surface area contributed by atoms with Crippen molar-refractivity contribution in [3.63, 3.8) is 0 Å². The molecular formula is C22H23FN2O2. The van der Waals surface area contributed by atoms with Crippen LogP contribution >= 0.6 is 0 Å². The molecule has 4 rings (SSSR count). The van der Waals surface area contributed by atoms with Crippen molar-refractivity contribution in [2.75, 3.05) is 18.0 Å². The standard InChI is InChI=1S/C22H23FN2O2/c23-18-9-4-5-10-19(18)25-14-16(13-20(25)26)21(27)24-15-22(11-6-12-22)17-7-2-1-3-8-17/h1-5,7-10,16H,6,11-15H2,(H,24,27)/t16-/m0/s1. The average molecular weight is 366 g/mol. The normalized spacial score (nSPS) is 21.0. The van der Waals surface area contributed by atoms with Gasteiger partial charge in [0.2, 0.25) is 11.8 Å². The van der Waals surface area contributed by atoms with Gasteiger partial charge >= 0.3 is 0 Å². The minimum absolute atomic E-state index is 0.00472. The van der Waals surface area contributed by atoms with Crippen molar-refractivity contribution in [2.45, 2.75) is 31.1 Å². The summed E-state index contributed by atoms with van der Waals surface area (Å²) in [6.07, 6.45) is 3.40. The minimum atomic E-state index is -0.440. The number of anilines is 1. The van der Waals surface area contributed by atoms with E-state index in [2.05, 4.69) is 17.4 Å². The van der Waals surface area contributed by atoms with Crippen molar-refractivity contribution in [1.29, 1.82) is 0 Å². The SMILES string of the molecule is O=C(NCC1(c2ccccc2)CCC1)[C@H]1CC(=O)N(c2ccccc2F)C1. The summed E-state index contributed by atoms with van der Waals surface area (Å²) in [5.41, 5.74) is 1.51. The van der Waals surface area contributed by atoms with Gasteiger partial charge in [0.05, 0.1) is 11.6 Å². The smallest absolute Gasteiger partial charge is 0.227 e. The molecule has 1 N–H and O–H groups in total. The first-order chi connectivity index (χ1) is 13.1. The molecule has 2 amide bonds. The third-order valence-electron chi connectivity index (χ3n) is 5.94. The van der Waals surface area contributed by atoms with Crippen molar-refractivity contribution in [3.8, 4) is 0 Å². The molecule has 0 spiro atoms. The Kier molecular flexibility index (Phi) is 4.68. The number of rotatable bonds is 5. The number of hydrogen-bond acceptors (Lipinski definition) is 2. The molecule has 0 unspecified atom stereocenters.